The molecule has 2 amide bonds. The van der Waals surface area contributed by atoms with Crippen LogP contribution < -0.4 is 10.6 Å². The van der Waals surface area contributed by atoms with Gasteiger partial charge in [0.1, 0.15) is 5.60 Å². The van der Waals surface area contributed by atoms with Crippen LogP contribution in [0.1, 0.15) is 56.8 Å². The van der Waals surface area contributed by atoms with Crippen LogP contribution in [-0.2, 0) is 11.3 Å². The summed E-state index contributed by atoms with van der Waals surface area (Å²) in [7, 11) is 4.08. The van der Waals surface area contributed by atoms with E-state index in [0.29, 0.717) is 12.1 Å². The smallest absolute Gasteiger partial charge is 0.407 e. The Labute approximate surface area is 185 Å². The highest BCUT2D eigenvalue weighted by molar-refractivity contribution is 6.07. The lowest BCUT2D eigenvalue weighted by molar-refractivity contribution is 0.0505. The van der Waals surface area contributed by atoms with Gasteiger partial charge in [-0.05, 0) is 53.8 Å². The molecular weight excluding hydrogens is 392 g/mol. The molecule has 7 heteroatoms. The van der Waals surface area contributed by atoms with E-state index < -0.39 is 17.2 Å². The average molecular weight is 429 g/mol. The number of carbonyl (C=O) groups is 2. The lowest BCUT2D eigenvalue weighted by Crippen LogP contribution is -2.54. The van der Waals surface area contributed by atoms with Crippen LogP contribution in [0.2, 0.25) is 0 Å². The molecule has 1 heterocycles. The summed E-state index contributed by atoms with van der Waals surface area (Å²) in [4.78, 5) is 27.7. The number of ether oxygens (including phenoxy) is 1. The molecule has 1 saturated carbocycles. The zero-order valence-corrected chi connectivity index (χ0v) is 19.5. The number of alkyl carbamates (subject to hydrolysis) is 1. The molecule has 31 heavy (non-hydrogen) atoms. The summed E-state index contributed by atoms with van der Waals surface area (Å²) in [6, 6.07) is 8.01. The highest BCUT2D eigenvalue weighted by Crippen LogP contribution is 2.30. The van der Waals surface area contributed by atoms with Gasteiger partial charge in [-0.3, -0.25) is 4.79 Å². The van der Waals surface area contributed by atoms with Crippen molar-refractivity contribution in [2.75, 3.05) is 27.2 Å². The number of benzene rings is 1. The summed E-state index contributed by atoms with van der Waals surface area (Å²) in [5, 5.41) is 7.08. The first-order valence-electron chi connectivity index (χ1n) is 11.1. The van der Waals surface area contributed by atoms with Crippen LogP contribution in [0.4, 0.5) is 4.79 Å². The quantitative estimate of drug-likeness (QED) is 0.704. The Morgan fingerprint density at radius 2 is 1.84 bits per heavy atom. The van der Waals surface area contributed by atoms with Crippen LogP contribution in [0.15, 0.2) is 30.5 Å². The number of rotatable bonds is 7. The van der Waals surface area contributed by atoms with Crippen LogP contribution >= 0.6 is 0 Å². The number of nitrogens with one attached hydrogen (secondary N) is 2. The first-order chi connectivity index (χ1) is 14.6. The number of nitrogens with zero attached hydrogens (tertiary/aromatic N) is 2. The predicted octanol–water partition coefficient (Wildman–Crippen LogP) is 3.77. The summed E-state index contributed by atoms with van der Waals surface area (Å²) < 4.78 is 7.51. The van der Waals surface area contributed by atoms with Gasteiger partial charge in [0, 0.05) is 36.7 Å². The minimum absolute atomic E-state index is 0.0901. The summed E-state index contributed by atoms with van der Waals surface area (Å²) in [6.45, 7) is 7.59. The highest BCUT2D eigenvalue weighted by atomic mass is 16.6. The summed E-state index contributed by atoms with van der Waals surface area (Å²) in [5.74, 6) is -0.0901. The van der Waals surface area contributed by atoms with Crippen LogP contribution in [0.5, 0.6) is 0 Å². The molecule has 170 valence electrons. The van der Waals surface area contributed by atoms with Crippen LogP contribution in [0.3, 0.4) is 0 Å². The molecule has 0 radical (unpaired) electrons. The average Bonchev–Trinajstić information content (AvgIpc) is 3.29. The van der Waals surface area contributed by atoms with Gasteiger partial charge in [-0.1, -0.05) is 31.0 Å². The van der Waals surface area contributed by atoms with Gasteiger partial charge in [0.05, 0.1) is 11.1 Å². The molecule has 0 saturated heterocycles. The third-order valence-corrected chi connectivity index (χ3v) is 5.73. The van der Waals surface area contributed by atoms with E-state index >= 15 is 0 Å². The van der Waals surface area contributed by atoms with E-state index in [9.17, 15) is 9.59 Å². The summed E-state index contributed by atoms with van der Waals surface area (Å²) >= 11 is 0. The second-order valence-electron chi connectivity index (χ2n) is 9.85. The van der Waals surface area contributed by atoms with E-state index in [2.05, 4.69) is 26.2 Å². The fraction of sp³-hybridized carbons (Fsp3) is 0.583. The van der Waals surface area contributed by atoms with Gasteiger partial charge in [0.15, 0.2) is 0 Å². The molecule has 0 aliphatic heterocycles. The van der Waals surface area contributed by atoms with E-state index in [1.807, 2.05) is 59.3 Å². The number of para-hydroxylation sites is 1. The highest BCUT2D eigenvalue weighted by Gasteiger charge is 2.37. The van der Waals surface area contributed by atoms with Gasteiger partial charge in [0.25, 0.3) is 5.91 Å². The maximum atomic E-state index is 13.4. The standard InChI is InChI=1S/C24H36N4O3/c1-23(2,3)31-22(30)25-17-24(12-8-9-13-24)26-21(29)19-16-28(15-14-27(4)5)20-11-7-6-10-18(19)20/h6-7,10-11,16H,8-9,12-15,17H2,1-5H3,(H,25,30)(H,26,29). The molecule has 1 aliphatic carbocycles. The molecule has 1 fully saturated rings. The van der Waals surface area contributed by atoms with Gasteiger partial charge < -0.3 is 24.8 Å². The molecule has 1 aliphatic rings. The normalized spacial score (nSPS) is 15.9. The van der Waals surface area contributed by atoms with Gasteiger partial charge in [0.2, 0.25) is 0 Å². The third kappa shape index (κ3) is 6.00. The summed E-state index contributed by atoms with van der Waals surface area (Å²) in [6.07, 6.45) is 5.24. The van der Waals surface area contributed by atoms with E-state index in [1.54, 1.807) is 0 Å². The number of carbonyl (C=O) groups excluding carboxylic acids is 2. The second-order valence-corrected chi connectivity index (χ2v) is 9.85. The van der Waals surface area contributed by atoms with Crippen molar-refractivity contribution in [3.8, 4) is 0 Å². The van der Waals surface area contributed by atoms with Crippen molar-refractivity contribution in [1.82, 2.24) is 20.1 Å². The van der Waals surface area contributed by atoms with Crippen molar-refractivity contribution in [2.45, 2.75) is 64.1 Å². The van der Waals surface area contributed by atoms with Crippen LogP contribution in [0, 0.1) is 0 Å². The lowest BCUT2D eigenvalue weighted by atomic mass is 9.96. The van der Waals surface area contributed by atoms with E-state index in [4.69, 9.17) is 4.74 Å². The molecule has 1 aromatic carbocycles. The van der Waals surface area contributed by atoms with Crippen molar-refractivity contribution in [2.24, 2.45) is 0 Å². The van der Waals surface area contributed by atoms with Crippen molar-refractivity contribution in [3.63, 3.8) is 0 Å². The maximum absolute atomic E-state index is 13.4. The molecule has 1 aromatic heterocycles. The number of hydrogen-bond acceptors (Lipinski definition) is 4. The number of likely N-dealkylation sites (N-methyl/N-ethyl adjacent to an activating group) is 1. The Kier molecular flexibility index (Phi) is 6.94. The van der Waals surface area contributed by atoms with E-state index in [-0.39, 0.29) is 5.91 Å². The Morgan fingerprint density at radius 3 is 2.48 bits per heavy atom. The Hall–Kier alpha value is -2.54. The SMILES string of the molecule is CN(C)CCn1cc(C(=O)NC2(CNC(=O)OC(C)(C)C)CCCC2)c2ccccc21. The first-order valence-corrected chi connectivity index (χ1v) is 11.1. The predicted molar refractivity (Wildman–Crippen MR) is 123 cm³/mol. The van der Waals surface area contributed by atoms with Gasteiger partial charge in [-0.15, -0.1) is 0 Å². The molecule has 2 aromatic rings. The van der Waals surface area contributed by atoms with Gasteiger partial charge in [-0.25, -0.2) is 4.79 Å². The lowest BCUT2D eigenvalue weighted by Gasteiger charge is -2.31. The zero-order valence-electron chi connectivity index (χ0n) is 19.5. The Morgan fingerprint density at radius 1 is 1.16 bits per heavy atom. The largest absolute Gasteiger partial charge is 0.444 e. The minimum atomic E-state index is -0.551. The molecule has 7 nitrogen and oxygen atoms in total. The van der Waals surface area contributed by atoms with Crippen molar-refractivity contribution in [3.05, 3.63) is 36.0 Å². The fourth-order valence-corrected chi connectivity index (χ4v) is 4.18. The van der Waals surface area contributed by atoms with E-state index in [1.165, 1.54) is 0 Å². The fourth-order valence-electron chi connectivity index (χ4n) is 4.18. The van der Waals surface area contributed by atoms with Crippen LogP contribution in [-0.4, -0.2) is 59.8 Å². The van der Waals surface area contributed by atoms with Crippen LogP contribution in [0.25, 0.3) is 10.9 Å². The Balaban J connectivity index is 1.77. The number of hydrogen-bond donors (Lipinski definition) is 2. The molecule has 0 bridgehead atoms. The zero-order chi connectivity index (χ0) is 22.6. The van der Waals surface area contributed by atoms with Crippen molar-refractivity contribution < 1.29 is 14.3 Å². The number of fused-ring (bicyclic) bond motifs is 1. The molecule has 0 spiro atoms. The topological polar surface area (TPSA) is 75.6 Å². The Bertz CT molecular complexity index is 921. The summed E-state index contributed by atoms with van der Waals surface area (Å²) in [5.41, 5.74) is 0.741. The van der Waals surface area contributed by atoms with Crippen molar-refractivity contribution >= 4 is 22.9 Å². The second kappa shape index (κ2) is 9.30. The monoisotopic (exact) mass is 428 g/mol. The third-order valence-electron chi connectivity index (χ3n) is 5.73. The van der Waals surface area contributed by atoms with E-state index in [0.717, 1.165) is 49.7 Å². The first kappa shape index (κ1) is 23.1. The molecule has 2 N–H and O–H groups in total. The minimum Gasteiger partial charge on any atom is -0.444 e. The molecular formula is C24H36N4O3. The van der Waals surface area contributed by atoms with Crippen molar-refractivity contribution in [1.29, 1.82) is 0 Å². The number of amides is 2. The van der Waals surface area contributed by atoms with Gasteiger partial charge in [-0.2, -0.15) is 0 Å². The van der Waals surface area contributed by atoms with Gasteiger partial charge >= 0.3 is 6.09 Å². The molecule has 0 unspecified atom stereocenters. The number of aromatic nitrogens is 1. The molecule has 3 rings (SSSR count). The maximum Gasteiger partial charge on any atom is 0.407 e. The molecule has 0 atom stereocenters.